The van der Waals surface area contributed by atoms with E-state index in [0.29, 0.717) is 17.4 Å². The highest BCUT2D eigenvalue weighted by Crippen LogP contribution is 2.34. The molecule has 5 nitrogen and oxygen atoms in total. The largest absolute Gasteiger partial charge is 0.464 e. The molecule has 0 bridgehead atoms. The van der Waals surface area contributed by atoms with E-state index in [0.717, 1.165) is 12.8 Å². The van der Waals surface area contributed by atoms with Crippen LogP contribution in [0.25, 0.3) is 0 Å². The summed E-state index contributed by atoms with van der Waals surface area (Å²) in [5.74, 6) is 1.58. The molecule has 0 aromatic carbocycles. The van der Waals surface area contributed by atoms with Gasteiger partial charge in [-0.05, 0) is 25.7 Å². The van der Waals surface area contributed by atoms with Crippen LogP contribution >= 0.6 is 0 Å². The molecule has 1 saturated carbocycles. The fourth-order valence-corrected chi connectivity index (χ4v) is 3.76. The summed E-state index contributed by atoms with van der Waals surface area (Å²) >= 11 is 0. The summed E-state index contributed by atoms with van der Waals surface area (Å²) in [7, 11) is -3.51. The molecule has 0 saturated heterocycles. The highest BCUT2D eigenvalue weighted by molar-refractivity contribution is 7.89. The molecule has 0 amide bonds. The summed E-state index contributed by atoms with van der Waals surface area (Å²) in [5.41, 5.74) is 5.47. The Bertz CT molecular complexity index is 532. The maximum absolute atomic E-state index is 12.3. The van der Waals surface area contributed by atoms with Crippen LogP contribution in [0.3, 0.4) is 0 Å². The van der Waals surface area contributed by atoms with Crippen LogP contribution in [0.1, 0.15) is 44.1 Å². The molecule has 1 heterocycles. The van der Waals surface area contributed by atoms with Crippen molar-refractivity contribution in [3.05, 3.63) is 17.6 Å². The number of hydrogen-bond donors (Lipinski definition) is 2. The van der Waals surface area contributed by atoms with Crippen LogP contribution in [0.5, 0.6) is 0 Å². The Balaban J connectivity index is 2.13. The van der Waals surface area contributed by atoms with Crippen LogP contribution in [0.4, 0.5) is 0 Å². The molecule has 6 heteroatoms. The third-order valence-electron chi connectivity index (χ3n) is 3.54. The first-order valence-corrected chi connectivity index (χ1v) is 8.26. The lowest BCUT2D eigenvalue weighted by Gasteiger charge is -2.16. The van der Waals surface area contributed by atoms with E-state index in [4.69, 9.17) is 10.2 Å². The topological polar surface area (TPSA) is 85.3 Å². The molecule has 1 aromatic heterocycles. The van der Waals surface area contributed by atoms with E-state index in [2.05, 4.69) is 4.72 Å². The SMILES string of the molecule is CCC(CC1CC1)NS(=O)(=O)c1cc(CN)oc1C. The standard InChI is InChI=1S/C13H22N2O3S/c1-3-11(6-10-4-5-10)15-19(16,17)13-7-12(8-14)18-9(13)2/h7,10-11,15H,3-6,8,14H2,1-2H3. The van der Waals surface area contributed by atoms with Crippen molar-refractivity contribution in [1.29, 1.82) is 0 Å². The molecule has 1 unspecified atom stereocenters. The maximum Gasteiger partial charge on any atom is 0.244 e. The van der Waals surface area contributed by atoms with E-state index in [-0.39, 0.29) is 17.5 Å². The van der Waals surface area contributed by atoms with Gasteiger partial charge in [-0.3, -0.25) is 0 Å². The van der Waals surface area contributed by atoms with Crippen molar-refractivity contribution in [2.75, 3.05) is 0 Å². The van der Waals surface area contributed by atoms with Crippen molar-refractivity contribution >= 4 is 10.0 Å². The fourth-order valence-electron chi connectivity index (χ4n) is 2.23. The predicted molar refractivity (Wildman–Crippen MR) is 73.1 cm³/mol. The number of furan rings is 1. The Labute approximate surface area is 114 Å². The lowest BCUT2D eigenvalue weighted by molar-refractivity contribution is 0.474. The van der Waals surface area contributed by atoms with Crippen molar-refractivity contribution < 1.29 is 12.8 Å². The lowest BCUT2D eigenvalue weighted by Crippen LogP contribution is -2.34. The van der Waals surface area contributed by atoms with Crippen LogP contribution < -0.4 is 10.5 Å². The molecule has 1 atom stereocenters. The first kappa shape index (κ1) is 14.6. The highest BCUT2D eigenvalue weighted by atomic mass is 32.2. The molecule has 0 radical (unpaired) electrons. The van der Waals surface area contributed by atoms with Crippen molar-refractivity contribution in [2.24, 2.45) is 11.7 Å². The second-order valence-electron chi connectivity index (χ2n) is 5.24. The maximum atomic E-state index is 12.3. The van der Waals surface area contributed by atoms with Gasteiger partial charge in [0.15, 0.2) is 0 Å². The van der Waals surface area contributed by atoms with Gasteiger partial charge in [0.2, 0.25) is 10.0 Å². The second kappa shape index (κ2) is 5.64. The molecule has 1 fully saturated rings. The molecule has 108 valence electrons. The van der Waals surface area contributed by atoms with E-state index < -0.39 is 10.0 Å². The van der Waals surface area contributed by atoms with E-state index >= 15 is 0 Å². The monoisotopic (exact) mass is 286 g/mol. The van der Waals surface area contributed by atoms with E-state index in [9.17, 15) is 8.42 Å². The summed E-state index contributed by atoms with van der Waals surface area (Å²) < 4.78 is 32.8. The molecule has 19 heavy (non-hydrogen) atoms. The molecular weight excluding hydrogens is 264 g/mol. The fraction of sp³-hybridized carbons (Fsp3) is 0.692. The Kier molecular flexibility index (Phi) is 4.32. The highest BCUT2D eigenvalue weighted by Gasteiger charge is 2.29. The van der Waals surface area contributed by atoms with E-state index in [1.165, 1.54) is 18.9 Å². The Morgan fingerprint density at radius 1 is 1.53 bits per heavy atom. The molecule has 1 aromatic rings. The number of sulfonamides is 1. The first-order chi connectivity index (χ1) is 8.96. The molecule has 0 aliphatic heterocycles. The van der Waals surface area contributed by atoms with E-state index in [1.807, 2.05) is 6.92 Å². The summed E-state index contributed by atoms with van der Waals surface area (Å²) in [5, 5.41) is 0. The number of nitrogens with two attached hydrogens (primary N) is 1. The van der Waals surface area contributed by atoms with Gasteiger partial charge in [-0.2, -0.15) is 0 Å². The van der Waals surface area contributed by atoms with Crippen molar-refractivity contribution in [1.82, 2.24) is 4.72 Å². The predicted octanol–water partition coefficient (Wildman–Crippen LogP) is 1.90. The van der Waals surface area contributed by atoms with Gasteiger partial charge in [0.1, 0.15) is 16.4 Å². The minimum atomic E-state index is -3.51. The molecule has 1 aliphatic carbocycles. The number of nitrogens with one attached hydrogen (secondary N) is 1. The smallest absolute Gasteiger partial charge is 0.244 e. The molecule has 1 aliphatic rings. The van der Waals surface area contributed by atoms with E-state index in [1.54, 1.807) is 6.92 Å². The van der Waals surface area contributed by atoms with Gasteiger partial charge in [-0.25, -0.2) is 13.1 Å². The number of aryl methyl sites for hydroxylation is 1. The van der Waals surface area contributed by atoms with Gasteiger partial charge in [0.25, 0.3) is 0 Å². The number of hydrogen-bond acceptors (Lipinski definition) is 4. The zero-order valence-electron chi connectivity index (χ0n) is 11.5. The van der Waals surface area contributed by atoms with Gasteiger partial charge >= 0.3 is 0 Å². The van der Waals surface area contributed by atoms with Crippen LogP contribution in [0.15, 0.2) is 15.4 Å². The molecular formula is C13H22N2O3S. The third-order valence-corrected chi connectivity index (χ3v) is 5.17. The third kappa shape index (κ3) is 3.58. The van der Waals surface area contributed by atoms with Gasteiger partial charge < -0.3 is 10.2 Å². The minimum absolute atomic E-state index is 0.00752. The Hall–Kier alpha value is -0.850. The van der Waals surface area contributed by atoms with Crippen LogP contribution in [0.2, 0.25) is 0 Å². The van der Waals surface area contributed by atoms with Crippen LogP contribution in [-0.2, 0) is 16.6 Å². The van der Waals surface area contributed by atoms with Crippen molar-refractivity contribution in [3.8, 4) is 0 Å². The zero-order valence-corrected chi connectivity index (χ0v) is 12.3. The minimum Gasteiger partial charge on any atom is -0.464 e. The quantitative estimate of drug-likeness (QED) is 0.801. The molecule has 0 spiro atoms. The van der Waals surface area contributed by atoms with Crippen molar-refractivity contribution in [3.63, 3.8) is 0 Å². The summed E-state index contributed by atoms with van der Waals surface area (Å²) in [6.45, 7) is 3.86. The summed E-state index contributed by atoms with van der Waals surface area (Å²) in [6, 6.07) is 1.52. The van der Waals surface area contributed by atoms with Crippen molar-refractivity contribution in [2.45, 2.75) is 57.0 Å². The normalized spacial score (nSPS) is 17.6. The zero-order chi connectivity index (χ0) is 14.0. The average Bonchev–Trinajstić information content (AvgIpc) is 3.08. The molecule has 3 N–H and O–H groups in total. The summed E-state index contributed by atoms with van der Waals surface area (Å²) in [6.07, 6.45) is 4.17. The lowest BCUT2D eigenvalue weighted by atomic mass is 10.1. The average molecular weight is 286 g/mol. The molecule has 2 rings (SSSR count). The van der Waals surface area contributed by atoms with Crippen LogP contribution in [-0.4, -0.2) is 14.5 Å². The van der Waals surface area contributed by atoms with Gasteiger partial charge in [-0.1, -0.05) is 19.8 Å². The Morgan fingerprint density at radius 2 is 2.21 bits per heavy atom. The number of rotatable bonds is 7. The Morgan fingerprint density at radius 3 is 2.68 bits per heavy atom. The van der Waals surface area contributed by atoms with Gasteiger partial charge in [0, 0.05) is 12.1 Å². The second-order valence-corrected chi connectivity index (χ2v) is 6.93. The summed E-state index contributed by atoms with van der Waals surface area (Å²) in [4.78, 5) is 0.210. The van der Waals surface area contributed by atoms with Gasteiger partial charge in [0.05, 0.1) is 6.54 Å². The van der Waals surface area contributed by atoms with Gasteiger partial charge in [-0.15, -0.1) is 0 Å². The van der Waals surface area contributed by atoms with Crippen LogP contribution in [0, 0.1) is 12.8 Å². The first-order valence-electron chi connectivity index (χ1n) is 6.78.